The number of carbonyl (C=O) groups excluding carboxylic acids is 2. The van der Waals surface area contributed by atoms with Gasteiger partial charge in [-0.15, -0.1) is 0 Å². The fourth-order valence-corrected chi connectivity index (χ4v) is 7.77. The van der Waals surface area contributed by atoms with Crippen LogP contribution in [0.1, 0.15) is 47.9 Å². The van der Waals surface area contributed by atoms with Crippen LogP contribution in [0.4, 0.5) is 18.9 Å². The SMILES string of the molecule is COc1cccc(CN(C(=O)CN(c2ccc(Cl)c(C(F)(F)F)c2)S(=O)(=O)c2ccc(C)cc2)C(Cc2ccccc2)C(=O)NC2CCCC2)c1. The van der Waals surface area contributed by atoms with Crippen molar-refractivity contribution in [3.63, 3.8) is 0 Å². The van der Waals surface area contributed by atoms with Gasteiger partial charge in [-0.05, 0) is 73.4 Å². The molecule has 4 aromatic carbocycles. The summed E-state index contributed by atoms with van der Waals surface area (Å²) >= 11 is 5.91. The number of hydrogen-bond acceptors (Lipinski definition) is 5. The Balaban J connectivity index is 1.62. The van der Waals surface area contributed by atoms with E-state index in [4.69, 9.17) is 16.3 Å². The summed E-state index contributed by atoms with van der Waals surface area (Å²) in [6.07, 6.45) is -1.34. The highest BCUT2D eigenvalue weighted by Crippen LogP contribution is 2.38. The number of alkyl halides is 3. The molecule has 0 bridgehead atoms. The van der Waals surface area contributed by atoms with Crippen LogP contribution in [-0.4, -0.2) is 50.9 Å². The highest BCUT2D eigenvalue weighted by molar-refractivity contribution is 7.92. The lowest BCUT2D eigenvalue weighted by Gasteiger charge is -2.34. The van der Waals surface area contributed by atoms with Crippen molar-refractivity contribution in [2.45, 2.75) is 68.7 Å². The number of sulfonamides is 1. The summed E-state index contributed by atoms with van der Waals surface area (Å²) in [5, 5.41) is 2.46. The third kappa shape index (κ3) is 9.42. The number of ether oxygens (including phenoxy) is 1. The number of aryl methyl sites for hydroxylation is 1. The van der Waals surface area contributed by atoms with E-state index in [-0.39, 0.29) is 23.9 Å². The Morgan fingerprint density at radius 3 is 2.24 bits per heavy atom. The first-order valence-corrected chi connectivity index (χ1v) is 18.3. The van der Waals surface area contributed by atoms with Gasteiger partial charge in [-0.3, -0.25) is 13.9 Å². The van der Waals surface area contributed by atoms with Crippen LogP contribution in [0.5, 0.6) is 5.75 Å². The minimum Gasteiger partial charge on any atom is -0.497 e. The van der Waals surface area contributed by atoms with Crippen molar-refractivity contribution in [2.75, 3.05) is 18.0 Å². The first-order chi connectivity index (χ1) is 24.3. The van der Waals surface area contributed by atoms with Crippen LogP contribution < -0.4 is 14.4 Å². The molecule has 4 aromatic rings. The molecule has 0 spiro atoms. The highest BCUT2D eigenvalue weighted by Gasteiger charge is 2.38. The monoisotopic (exact) mass is 741 g/mol. The number of hydrogen-bond donors (Lipinski definition) is 1. The van der Waals surface area contributed by atoms with Crippen LogP contribution in [0.2, 0.25) is 5.02 Å². The van der Waals surface area contributed by atoms with Gasteiger partial charge in [-0.25, -0.2) is 8.42 Å². The maximum absolute atomic E-state index is 14.7. The molecule has 0 radical (unpaired) electrons. The maximum Gasteiger partial charge on any atom is 0.417 e. The van der Waals surface area contributed by atoms with E-state index in [9.17, 15) is 31.2 Å². The molecule has 2 amide bonds. The van der Waals surface area contributed by atoms with E-state index in [0.717, 1.165) is 48.9 Å². The van der Waals surface area contributed by atoms with Crippen molar-refractivity contribution < 1.29 is 35.9 Å². The lowest BCUT2D eigenvalue weighted by molar-refractivity contribution is -0.140. The van der Waals surface area contributed by atoms with E-state index in [1.54, 1.807) is 43.3 Å². The zero-order valence-electron chi connectivity index (χ0n) is 28.2. The Bertz CT molecular complexity index is 1940. The first kappa shape index (κ1) is 37.7. The van der Waals surface area contributed by atoms with E-state index in [2.05, 4.69) is 5.32 Å². The van der Waals surface area contributed by atoms with Gasteiger partial charge >= 0.3 is 6.18 Å². The zero-order chi connectivity index (χ0) is 36.8. The minimum atomic E-state index is -4.91. The average Bonchev–Trinajstić information content (AvgIpc) is 3.62. The molecule has 13 heteroatoms. The molecule has 1 atom stereocenters. The number of anilines is 1. The molecule has 1 N–H and O–H groups in total. The Morgan fingerprint density at radius 2 is 1.59 bits per heavy atom. The van der Waals surface area contributed by atoms with E-state index in [1.165, 1.54) is 24.1 Å². The first-order valence-electron chi connectivity index (χ1n) is 16.5. The van der Waals surface area contributed by atoms with Crippen LogP contribution >= 0.6 is 11.6 Å². The number of halogens is 4. The Morgan fingerprint density at radius 1 is 0.922 bits per heavy atom. The van der Waals surface area contributed by atoms with Gasteiger partial charge in [0.25, 0.3) is 10.0 Å². The second-order valence-electron chi connectivity index (χ2n) is 12.6. The second kappa shape index (κ2) is 16.2. The topological polar surface area (TPSA) is 96.0 Å². The average molecular weight is 742 g/mol. The predicted octanol–water partition coefficient (Wildman–Crippen LogP) is 7.57. The van der Waals surface area contributed by atoms with E-state index < -0.39 is 56.9 Å². The van der Waals surface area contributed by atoms with Gasteiger partial charge in [-0.1, -0.05) is 84.6 Å². The number of nitrogens with zero attached hydrogens (tertiary/aromatic N) is 2. The van der Waals surface area contributed by atoms with Crippen LogP contribution in [0.25, 0.3) is 0 Å². The molecule has 1 aliphatic rings. The smallest absolute Gasteiger partial charge is 0.417 e. The second-order valence-corrected chi connectivity index (χ2v) is 14.8. The number of benzene rings is 4. The van der Waals surface area contributed by atoms with E-state index in [1.807, 2.05) is 30.3 Å². The van der Waals surface area contributed by atoms with Crippen LogP contribution in [0.3, 0.4) is 0 Å². The highest BCUT2D eigenvalue weighted by atomic mass is 35.5. The van der Waals surface area contributed by atoms with Gasteiger partial charge in [0.05, 0.1) is 28.3 Å². The minimum absolute atomic E-state index is 0.0854. The van der Waals surface area contributed by atoms with Gasteiger partial charge in [0.1, 0.15) is 18.3 Å². The number of methoxy groups -OCH3 is 1. The standard InChI is InChI=1S/C38H39ClF3N3O5S/c1-26-15-18-32(19-16-26)51(48,49)45(30-17-20-34(39)33(23-30)38(40,41)42)25-36(46)44(24-28-11-8-14-31(21-28)50-2)35(22-27-9-4-3-5-10-27)37(47)43-29-12-6-7-13-29/h3-5,8-11,14-21,23,29,35H,6-7,12-13,22,24-25H2,1-2H3,(H,43,47). The normalized spacial score (nSPS) is 14.2. The molecule has 0 aromatic heterocycles. The largest absolute Gasteiger partial charge is 0.497 e. The predicted molar refractivity (Wildman–Crippen MR) is 190 cm³/mol. The summed E-state index contributed by atoms with van der Waals surface area (Å²) in [6, 6.07) is 23.2. The van der Waals surface area contributed by atoms with Crippen LogP contribution in [0, 0.1) is 6.92 Å². The lowest BCUT2D eigenvalue weighted by Crippen LogP contribution is -2.54. The Labute approximate surface area is 301 Å². The number of amides is 2. The van der Waals surface area contributed by atoms with Crippen molar-refractivity contribution in [2.24, 2.45) is 0 Å². The summed E-state index contributed by atoms with van der Waals surface area (Å²) in [7, 11) is -3.14. The molecule has 5 rings (SSSR count). The summed E-state index contributed by atoms with van der Waals surface area (Å²) in [6.45, 7) is 0.714. The molecule has 1 saturated carbocycles. The quantitative estimate of drug-likeness (QED) is 0.153. The van der Waals surface area contributed by atoms with Crippen molar-refractivity contribution in [1.82, 2.24) is 10.2 Å². The fraction of sp³-hybridized carbons (Fsp3) is 0.316. The van der Waals surface area contributed by atoms with Crippen molar-refractivity contribution in [1.29, 1.82) is 0 Å². The van der Waals surface area contributed by atoms with Crippen molar-refractivity contribution in [3.05, 3.63) is 124 Å². The molecule has 8 nitrogen and oxygen atoms in total. The zero-order valence-corrected chi connectivity index (χ0v) is 29.8. The van der Waals surface area contributed by atoms with Crippen LogP contribution in [-0.2, 0) is 38.8 Å². The van der Waals surface area contributed by atoms with Crippen molar-refractivity contribution in [3.8, 4) is 5.75 Å². The summed E-state index contributed by atoms with van der Waals surface area (Å²) in [5.74, 6) is -0.723. The lowest BCUT2D eigenvalue weighted by atomic mass is 10.0. The molecular weight excluding hydrogens is 703 g/mol. The molecule has 51 heavy (non-hydrogen) atoms. The molecule has 1 aliphatic carbocycles. The van der Waals surface area contributed by atoms with E-state index in [0.29, 0.717) is 21.7 Å². The third-order valence-corrected chi connectivity index (χ3v) is 11.0. The summed E-state index contributed by atoms with van der Waals surface area (Å²) in [5.41, 5.74) is 0.419. The van der Waals surface area contributed by atoms with Gasteiger partial charge < -0.3 is 15.0 Å². The molecule has 270 valence electrons. The van der Waals surface area contributed by atoms with Gasteiger partial charge in [-0.2, -0.15) is 13.2 Å². The number of nitrogens with one attached hydrogen (secondary N) is 1. The maximum atomic E-state index is 14.7. The van der Waals surface area contributed by atoms with Gasteiger partial charge in [0.2, 0.25) is 11.8 Å². The number of carbonyl (C=O) groups is 2. The molecule has 0 heterocycles. The summed E-state index contributed by atoms with van der Waals surface area (Å²) < 4.78 is 76.7. The molecule has 0 saturated heterocycles. The Kier molecular flexibility index (Phi) is 12.0. The molecule has 1 fully saturated rings. The van der Waals surface area contributed by atoms with Gasteiger partial charge in [0, 0.05) is 19.0 Å². The van der Waals surface area contributed by atoms with Crippen molar-refractivity contribution >= 4 is 39.1 Å². The Hall–Kier alpha value is -4.55. The molecular formula is C38H39ClF3N3O5S. The molecule has 0 aliphatic heterocycles. The number of rotatable bonds is 13. The fourth-order valence-electron chi connectivity index (χ4n) is 6.14. The van der Waals surface area contributed by atoms with Gasteiger partial charge in [0.15, 0.2) is 0 Å². The summed E-state index contributed by atoms with van der Waals surface area (Å²) in [4.78, 5) is 29.9. The molecule has 1 unspecified atom stereocenters. The van der Waals surface area contributed by atoms with Crippen LogP contribution in [0.15, 0.2) is 102 Å². The third-order valence-electron chi connectivity index (χ3n) is 8.89. The van der Waals surface area contributed by atoms with E-state index >= 15 is 0 Å².